The van der Waals surface area contributed by atoms with Crippen LogP contribution in [0.2, 0.25) is 0 Å². The average molecular weight is 238 g/mol. The second kappa shape index (κ2) is 4.14. The van der Waals surface area contributed by atoms with E-state index in [1.807, 2.05) is 37.3 Å². The number of aryl methyl sites for hydroxylation is 1. The molecular formula is C14H14N4. The van der Waals surface area contributed by atoms with Crippen LogP contribution in [-0.2, 0) is 6.42 Å². The number of nitrogen functional groups attached to an aromatic ring is 1. The van der Waals surface area contributed by atoms with Crippen LogP contribution in [0.15, 0.2) is 42.5 Å². The number of aromatic nitrogens is 3. The lowest BCUT2D eigenvalue weighted by Crippen LogP contribution is -1.97. The highest BCUT2D eigenvalue weighted by atomic mass is 15.3. The topological polar surface area (TPSA) is 56.2 Å². The molecule has 0 bridgehead atoms. The Bertz CT molecular complexity index is 647. The number of nitrogens with two attached hydrogens (primary N) is 1. The Morgan fingerprint density at radius 3 is 2.61 bits per heavy atom. The van der Waals surface area contributed by atoms with Gasteiger partial charge in [0.25, 0.3) is 0 Å². The standard InChI is InChI=1S/C14H14N4/c1-10-7-8-12(15)14-16-13(17-18(10)14)9-11-5-3-2-4-6-11/h2-8H,9,15H2,1H3. The van der Waals surface area contributed by atoms with Gasteiger partial charge in [-0.05, 0) is 24.6 Å². The lowest BCUT2D eigenvalue weighted by Gasteiger charge is -1.98. The summed E-state index contributed by atoms with van der Waals surface area (Å²) in [5, 5.41) is 4.49. The van der Waals surface area contributed by atoms with Gasteiger partial charge in [-0.3, -0.25) is 0 Å². The largest absolute Gasteiger partial charge is 0.396 e. The van der Waals surface area contributed by atoms with Crippen molar-refractivity contribution in [1.82, 2.24) is 14.6 Å². The van der Waals surface area contributed by atoms with Gasteiger partial charge in [0.15, 0.2) is 11.5 Å². The third-order valence-electron chi connectivity index (χ3n) is 2.95. The first-order valence-corrected chi connectivity index (χ1v) is 5.89. The van der Waals surface area contributed by atoms with Gasteiger partial charge in [-0.2, -0.15) is 5.10 Å². The molecule has 0 radical (unpaired) electrons. The Balaban J connectivity index is 2.04. The second-order valence-corrected chi connectivity index (χ2v) is 4.36. The summed E-state index contributed by atoms with van der Waals surface area (Å²) in [5.74, 6) is 0.794. The Morgan fingerprint density at radius 1 is 1.11 bits per heavy atom. The maximum absolute atomic E-state index is 5.91. The number of hydrogen-bond acceptors (Lipinski definition) is 3. The first kappa shape index (κ1) is 10.8. The van der Waals surface area contributed by atoms with Gasteiger partial charge in [0, 0.05) is 12.1 Å². The van der Waals surface area contributed by atoms with Crippen LogP contribution in [0.25, 0.3) is 5.65 Å². The van der Waals surface area contributed by atoms with Crippen LogP contribution < -0.4 is 5.73 Å². The Hall–Kier alpha value is -2.36. The highest BCUT2D eigenvalue weighted by molar-refractivity contribution is 5.64. The molecule has 1 aromatic carbocycles. The molecule has 0 saturated carbocycles. The van der Waals surface area contributed by atoms with E-state index in [1.165, 1.54) is 5.56 Å². The van der Waals surface area contributed by atoms with Crippen molar-refractivity contribution < 1.29 is 0 Å². The molecule has 90 valence electrons. The number of fused-ring (bicyclic) bond motifs is 1. The van der Waals surface area contributed by atoms with Crippen molar-refractivity contribution in [2.75, 3.05) is 5.73 Å². The van der Waals surface area contributed by atoms with Crippen LogP contribution in [0.3, 0.4) is 0 Å². The molecule has 0 amide bonds. The van der Waals surface area contributed by atoms with Crippen molar-refractivity contribution in [3.63, 3.8) is 0 Å². The summed E-state index contributed by atoms with van der Waals surface area (Å²) >= 11 is 0. The van der Waals surface area contributed by atoms with E-state index < -0.39 is 0 Å². The van der Waals surface area contributed by atoms with E-state index in [0.29, 0.717) is 5.69 Å². The Kier molecular flexibility index (Phi) is 2.48. The molecule has 3 rings (SSSR count). The second-order valence-electron chi connectivity index (χ2n) is 4.36. The summed E-state index contributed by atoms with van der Waals surface area (Å²) in [5.41, 5.74) is 9.54. The van der Waals surface area contributed by atoms with Gasteiger partial charge < -0.3 is 5.73 Å². The van der Waals surface area contributed by atoms with Crippen LogP contribution >= 0.6 is 0 Å². The van der Waals surface area contributed by atoms with Gasteiger partial charge in [-0.15, -0.1) is 0 Å². The zero-order valence-electron chi connectivity index (χ0n) is 10.2. The minimum Gasteiger partial charge on any atom is -0.396 e. The number of benzene rings is 1. The van der Waals surface area contributed by atoms with Crippen molar-refractivity contribution in [2.24, 2.45) is 0 Å². The van der Waals surface area contributed by atoms with E-state index in [1.54, 1.807) is 4.52 Å². The summed E-state index contributed by atoms with van der Waals surface area (Å²) in [6, 6.07) is 14.0. The van der Waals surface area contributed by atoms with Crippen LogP contribution in [0.4, 0.5) is 5.69 Å². The van der Waals surface area contributed by atoms with Crippen LogP contribution in [-0.4, -0.2) is 14.6 Å². The fraction of sp³-hybridized carbons (Fsp3) is 0.143. The molecule has 0 aliphatic heterocycles. The van der Waals surface area contributed by atoms with E-state index in [0.717, 1.165) is 23.6 Å². The predicted molar refractivity (Wildman–Crippen MR) is 71.4 cm³/mol. The first-order valence-electron chi connectivity index (χ1n) is 5.89. The molecule has 0 unspecified atom stereocenters. The van der Waals surface area contributed by atoms with Gasteiger partial charge in [-0.25, -0.2) is 9.50 Å². The summed E-state index contributed by atoms with van der Waals surface area (Å²) in [6.07, 6.45) is 0.724. The van der Waals surface area contributed by atoms with E-state index >= 15 is 0 Å². The molecule has 2 heterocycles. The smallest absolute Gasteiger partial charge is 0.178 e. The molecule has 3 aromatic rings. The summed E-state index contributed by atoms with van der Waals surface area (Å²) in [7, 11) is 0. The fourth-order valence-electron chi connectivity index (χ4n) is 2.00. The Labute approximate surface area is 105 Å². The van der Waals surface area contributed by atoms with E-state index in [9.17, 15) is 0 Å². The molecule has 0 spiro atoms. The monoisotopic (exact) mass is 238 g/mol. The third kappa shape index (κ3) is 1.82. The molecule has 0 aliphatic rings. The summed E-state index contributed by atoms with van der Waals surface area (Å²) in [4.78, 5) is 4.50. The van der Waals surface area contributed by atoms with Crippen molar-refractivity contribution in [1.29, 1.82) is 0 Å². The highest BCUT2D eigenvalue weighted by Crippen LogP contribution is 2.15. The fourth-order valence-corrected chi connectivity index (χ4v) is 2.00. The molecule has 0 fully saturated rings. The summed E-state index contributed by atoms with van der Waals surface area (Å²) in [6.45, 7) is 1.99. The van der Waals surface area contributed by atoms with E-state index in [-0.39, 0.29) is 0 Å². The van der Waals surface area contributed by atoms with Gasteiger partial charge >= 0.3 is 0 Å². The van der Waals surface area contributed by atoms with Crippen LogP contribution in [0.1, 0.15) is 17.1 Å². The van der Waals surface area contributed by atoms with Crippen molar-refractivity contribution in [2.45, 2.75) is 13.3 Å². The lowest BCUT2D eigenvalue weighted by molar-refractivity contribution is 0.871. The molecule has 0 atom stereocenters. The normalized spacial score (nSPS) is 10.9. The molecule has 2 aromatic heterocycles. The van der Waals surface area contributed by atoms with Crippen molar-refractivity contribution in [3.8, 4) is 0 Å². The van der Waals surface area contributed by atoms with Crippen LogP contribution in [0, 0.1) is 6.92 Å². The first-order chi connectivity index (χ1) is 8.74. The molecule has 0 saturated heterocycles. The molecule has 4 nitrogen and oxygen atoms in total. The maximum atomic E-state index is 5.91. The molecule has 2 N–H and O–H groups in total. The molecule has 4 heteroatoms. The number of pyridine rings is 1. The number of hydrogen-bond donors (Lipinski definition) is 1. The van der Waals surface area contributed by atoms with Gasteiger partial charge in [-0.1, -0.05) is 30.3 Å². The lowest BCUT2D eigenvalue weighted by atomic mass is 10.1. The zero-order chi connectivity index (χ0) is 12.5. The van der Waals surface area contributed by atoms with Gasteiger partial charge in [0.1, 0.15) is 0 Å². The molecule has 0 aliphatic carbocycles. The van der Waals surface area contributed by atoms with E-state index in [4.69, 9.17) is 5.73 Å². The Morgan fingerprint density at radius 2 is 1.89 bits per heavy atom. The van der Waals surface area contributed by atoms with Crippen molar-refractivity contribution >= 4 is 11.3 Å². The van der Waals surface area contributed by atoms with Gasteiger partial charge in [0.2, 0.25) is 0 Å². The summed E-state index contributed by atoms with van der Waals surface area (Å²) < 4.78 is 1.80. The van der Waals surface area contributed by atoms with E-state index in [2.05, 4.69) is 22.2 Å². The highest BCUT2D eigenvalue weighted by Gasteiger charge is 2.08. The van der Waals surface area contributed by atoms with Crippen LogP contribution in [0.5, 0.6) is 0 Å². The zero-order valence-corrected chi connectivity index (χ0v) is 10.2. The minimum atomic E-state index is 0.660. The quantitative estimate of drug-likeness (QED) is 0.744. The number of rotatable bonds is 2. The van der Waals surface area contributed by atoms with Crippen molar-refractivity contribution in [3.05, 3.63) is 59.5 Å². The minimum absolute atomic E-state index is 0.660. The number of anilines is 1. The molecule has 18 heavy (non-hydrogen) atoms. The predicted octanol–water partition coefficient (Wildman–Crippen LogP) is 2.21. The molecular weight excluding hydrogens is 224 g/mol. The average Bonchev–Trinajstić information content (AvgIpc) is 2.80. The maximum Gasteiger partial charge on any atom is 0.178 e. The number of nitrogens with zero attached hydrogens (tertiary/aromatic N) is 3. The van der Waals surface area contributed by atoms with Gasteiger partial charge in [0.05, 0.1) is 5.69 Å². The third-order valence-corrected chi connectivity index (χ3v) is 2.95. The SMILES string of the molecule is Cc1ccc(N)c2nc(Cc3ccccc3)nn12.